The fourth-order valence-corrected chi connectivity index (χ4v) is 1.48. The molecular weight excluding hydrogens is 314 g/mol. The Morgan fingerprint density at radius 3 is 2.13 bits per heavy atom. The molecular formula is C9H19N2OS2Tc+. The minimum atomic E-state index is 0.571. The molecule has 0 amide bonds. The Labute approximate surface area is 115 Å². The van der Waals surface area contributed by atoms with Crippen LogP contribution < -0.4 is 0 Å². The van der Waals surface area contributed by atoms with E-state index in [4.69, 9.17) is 28.8 Å². The van der Waals surface area contributed by atoms with Crippen molar-refractivity contribution in [1.82, 2.24) is 4.90 Å². The van der Waals surface area contributed by atoms with E-state index in [9.17, 15) is 0 Å². The molecule has 0 aromatic carbocycles. The summed E-state index contributed by atoms with van der Waals surface area (Å²) in [6, 6.07) is 0.571. The molecule has 3 nitrogen and oxygen atoms in total. The maximum absolute atomic E-state index is 8.22. The van der Waals surface area contributed by atoms with Crippen LogP contribution >= 0.6 is 0 Å². The van der Waals surface area contributed by atoms with Crippen LogP contribution in [0, 0.1) is 0 Å². The first-order chi connectivity index (χ1) is 7.22. The summed E-state index contributed by atoms with van der Waals surface area (Å²) in [7, 11) is 0. The van der Waals surface area contributed by atoms with Crippen molar-refractivity contribution in [3.05, 3.63) is 5.32 Å². The molecule has 0 bridgehead atoms. The van der Waals surface area contributed by atoms with Crippen LogP contribution in [0.2, 0.25) is 0 Å². The van der Waals surface area contributed by atoms with Gasteiger partial charge in [-0.2, -0.15) is 18.1 Å². The number of nitrogens with zero attached hydrogens (tertiary/aromatic N) is 2. The zero-order valence-corrected chi connectivity index (χ0v) is 12.8. The maximum atomic E-state index is 8.22. The van der Waals surface area contributed by atoms with E-state index in [1.165, 1.54) is 0 Å². The molecule has 0 radical (unpaired) electrons. The van der Waals surface area contributed by atoms with Gasteiger partial charge in [-0.25, -0.2) is 0 Å². The molecule has 0 aromatic heterocycles. The van der Waals surface area contributed by atoms with Crippen LogP contribution in [0.5, 0.6) is 0 Å². The topological polar surface area (TPSA) is 34.4 Å². The summed E-state index contributed by atoms with van der Waals surface area (Å²) in [5, 5.41) is 4.31. The second kappa shape index (κ2) is 15.1. The van der Waals surface area contributed by atoms with Gasteiger partial charge < -0.3 is 35.5 Å². The summed E-state index contributed by atoms with van der Waals surface area (Å²) in [6.45, 7) is 8.11. The van der Waals surface area contributed by atoms with E-state index in [0.717, 1.165) is 56.5 Å². The van der Waals surface area contributed by atoms with E-state index in [1.54, 1.807) is 0 Å². The van der Waals surface area contributed by atoms with E-state index in [1.807, 2.05) is 0 Å². The third-order valence-corrected chi connectivity index (χ3v) is 2.27. The zero-order chi connectivity index (χ0) is 12.1. The van der Waals surface area contributed by atoms with Crippen LogP contribution in [-0.4, -0.2) is 48.6 Å². The molecule has 15 heavy (non-hydrogen) atoms. The van der Waals surface area contributed by atoms with Crippen LogP contribution in [0.4, 0.5) is 0 Å². The number of rotatable bonds is 8. The Kier molecular flexibility index (Phi) is 18.5. The molecule has 0 N–H and O–H groups in total. The van der Waals surface area contributed by atoms with Crippen LogP contribution in [0.15, 0.2) is 0 Å². The molecule has 0 fully saturated rings. The van der Waals surface area contributed by atoms with E-state index in [2.05, 4.69) is 24.1 Å². The van der Waals surface area contributed by atoms with Crippen molar-refractivity contribution in [3.63, 3.8) is 0 Å². The Hall–Kier alpha value is 1.07. The van der Waals surface area contributed by atoms with E-state index >= 15 is 0 Å². The van der Waals surface area contributed by atoms with Crippen molar-refractivity contribution in [2.75, 3.05) is 37.7 Å². The SMILES string of the molecule is CC(C)N(CC[S-])CC[N-]CC[S-].[O]=[Tc+4]. The fraction of sp³-hybridized carbons (Fsp3) is 1.00. The molecule has 0 aromatic rings. The fourth-order valence-electron chi connectivity index (χ4n) is 1.12. The average molecular weight is 333 g/mol. The Bertz CT molecular complexity index is 131. The van der Waals surface area contributed by atoms with Crippen molar-refractivity contribution < 1.29 is 22.4 Å². The molecule has 0 spiro atoms. The van der Waals surface area contributed by atoms with Crippen molar-refractivity contribution in [2.45, 2.75) is 19.9 Å². The van der Waals surface area contributed by atoms with Gasteiger partial charge in [0, 0.05) is 6.04 Å². The summed E-state index contributed by atoms with van der Waals surface area (Å²) in [5.41, 5.74) is 0. The quantitative estimate of drug-likeness (QED) is 0.491. The monoisotopic (exact) mass is 332 g/mol. The van der Waals surface area contributed by atoms with Crippen LogP contribution in [0.3, 0.4) is 0 Å². The van der Waals surface area contributed by atoms with Crippen molar-refractivity contribution >= 4 is 25.3 Å². The first kappa shape index (κ1) is 18.4. The molecule has 0 rings (SSSR count). The van der Waals surface area contributed by atoms with Gasteiger partial charge in [0.25, 0.3) is 0 Å². The third-order valence-electron chi connectivity index (χ3n) is 1.90. The van der Waals surface area contributed by atoms with Crippen LogP contribution in [0.25, 0.3) is 5.32 Å². The van der Waals surface area contributed by atoms with E-state index < -0.39 is 0 Å². The van der Waals surface area contributed by atoms with Crippen LogP contribution in [0.1, 0.15) is 13.8 Å². The number of hydrogen-bond donors (Lipinski definition) is 0. The van der Waals surface area contributed by atoms with Gasteiger partial charge in [0.2, 0.25) is 0 Å². The average Bonchev–Trinajstić information content (AvgIpc) is 2.25. The summed E-state index contributed by atoms with van der Waals surface area (Å²) in [4.78, 5) is 2.36. The summed E-state index contributed by atoms with van der Waals surface area (Å²) in [5.74, 6) is 1.54. The second-order valence-corrected chi connectivity index (χ2v) is 4.03. The Balaban J connectivity index is 0. The first-order valence-electron chi connectivity index (χ1n) is 4.91. The molecule has 0 heterocycles. The molecule has 0 atom stereocenters. The normalized spacial score (nSPS) is 10.4. The molecule has 0 unspecified atom stereocenters. The summed E-state index contributed by atoms with van der Waals surface area (Å²) < 4.78 is 8.22. The molecule has 89 valence electrons. The van der Waals surface area contributed by atoms with Gasteiger partial charge in [0.05, 0.1) is 0 Å². The molecule has 0 aliphatic carbocycles. The molecule has 0 saturated carbocycles. The predicted molar refractivity (Wildman–Crippen MR) is 65.0 cm³/mol. The van der Waals surface area contributed by atoms with E-state index in [0.29, 0.717) is 6.04 Å². The Morgan fingerprint density at radius 1 is 1.13 bits per heavy atom. The van der Waals surface area contributed by atoms with Gasteiger partial charge in [-0.1, -0.05) is 0 Å². The first-order valence-corrected chi connectivity index (χ1v) is 6.82. The molecule has 0 aliphatic rings. The number of hydrogen-bond acceptors (Lipinski definition) is 4. The van der Waals surface area contributed by atoms with Gasteiger partial charge in [-0.05, 0) is 26.9 Å². The summed E-state index contributed by atoms with van der Waals surface area (Å²) >= 11 is 10.7. The Morgan fingerprint density at radius 2 is 1.73 bits per heavy atom. The van der Waals surface area contributed by atoms with Gasteiger partial charge in [-0.3, -0.25) is 0 Å². The van der Waals surface area contributed by atoms with Gasteiger partial charge in [0.1, 0.15) is 0 Å². The standard InChI is InChI=1S/C9H21N2S2.O.Tc/c1-9(2)11(6-8-13)5-3-10-4-7-12;;/h9,12-13H,3-8H2,1-2H3;;/q-1;;+4/p-2. The minimum absolute atomic E-state index is 0.571. The van der Waals surface area contributed by atoms with Crippen LogP contribution in [-0.2, 0) is 47.6 Å². The molecule has 6 heteroatoms. The van der Waals surface area contributed by atoms with Crippen molar-refractivity contribution in [3.8, 4) is 0 Å². The molecule has 0 aliphatic heterocycles. The second-order valence-electron chi connectivity index (χ2n) is 3.21. The van der Waals surface area contributed by atoms with Crippen molar-refractivity contribution in [2.24, 2.45) is 0 Å². The van der Waals surface area contributed by atoms with Crippen molar-refractivity contribution in [1.29, 1.82) is 0 Å². The third kappa shape index (κ3) is 13.0. The van der Waals surface area contributed by atoms with E-state index in [-0.39, 0.29) is 0 Å². The van der Waals surface area contributed by atoms with Gasteiger partial charge in [-0.15, -0.1) is 6.54 Å². The zero-order valence-electron chi connectivity index (χ0n) is 9.32. The predicted octanol–water partition coefficient (Wildman–Crippen LogP) is 1.04. The van der Waals surface area contributed by atoms with Gasteiger partial charge >= 0.3 is 22.4 Å². The summed E-state index contributed by atoms with van der Waals surface area (Å²) in [6.07, 6.45) is 0. The van der Waals surface area contributed by atoms with Gasteiger partial charge in [0.15, 0.2) is 0 Å². The molecule has 0 saturated heterocycles.